The zero-order valence-electron chi connectivity index (χ0n) is 17.2. The second-order valence-electron chi connectivity index (χ2n) is 7.44. The van der Waals surface area contributed by atoms with Gasteiger partial charge in [0.15, 0.2) is 0 Å². The van der Waals surface area contributed by atoms with Crippen LogP contribution < -0.4 is 5.32 Å². The van der Waals surface area contributed by atoms with Gasteiger partial charge in [0, 0.05) is 0 Å². The van der Waals surface area contributed by atoms with Gasteiger partial charge >= 0.3 is 0 Å². The van der Waals surface area contributed by atoms with E-state index in [9.17, 15) is 0 Å². The van der Waals surface area contributed by atoms with Crippen LogP contribution in [0.15, 0.2) is 0 Å². The predicted octanol–water partition coefficient (Wildman–Crippen LogP) is 6.78. The van der Waals surface area contributed by atoms with Crippen LogP contribution in [0.5, 0.6) is 0 Å². The van der Waals surface area contributed by atoms with Gasteiger partial charge < -0.3 is 5.32 Å². The van der Waals surface area contributed by atoms with Gasteiger partial charge in [0.25, 0.3) is 0 Å². The number of hydrogen-bond donors (Lipinski definition) is 1. The van der Waals surface area contributed by atoms with Crippen molar-refractivity contribution in [2.45, 2.75) is 116 Å². The average Bonchev–Trinajstić information content (AvgIpc) is 2.54. The van der Waals surface area contributed by atoms with Crippen LogP contribution >= 0.6 is 12.4 Å². The molecule has 0 fully saturated rings. The summed E-state index contributed by atoms with van der Waals surface area (Å²) in [7, 11) is 4.32. The van der Waals surface area contributed by atoms with Crippen LogP contribution in [0.25, 0.3) is 0 Å². The van der Waals surface area contributed by atoms with Crippen LogP contribution in [0, 0.1) is 0 Å². The molecule has 0 aromatic rings. The summed E-state index contributed by atoms with van der Waals surface area (Å²) >= 11 is 0. The Kier molecular flexibility index (Phi) is 23.4. The van der Waals surface area contributed by atoms with Gasteiger partial charge in [0.05, 0.1) is 6.17 Å². The van der Waals surface area contributed by atoms with E-state index in [1.54, 1.807) is 0 Å². The molecule has 0 aliphatic heterocycles. The third kappa shape index (κ3) is 18.5. The summed E-state index contributed by atoms with van der Waals surface area (Å²) in [5.41, 5.74) is 0. The predicted molar refractivity (Wildman–Crippen MR) is 113 cm³/mol. The quantitative estimate of drug-likeness (QED) is 0.213. The topological polar surface area (TPSA) is 15.3 Å². The summed E-state index contributed by atoms with van der Waals surface area (Å²) in [4.78, 5) is 2.28. The standard InChI is InChI=1S/C21H46N2.ClH/c1-5-7-8-9-10-11-12-13-14-15-16-17-18-19-20-22-21(6-2)23(3)4;/h21-22H,5-20H2,1-4H3;1H. The fraction of sp³-hybridized carbons (Fsp3) is 1.00. The number of hydrogen-bond acceptors (Lipinski definition) is 2. The first kappa shape index (κ1) is 26.4. The zero-order chi connectivity index (χ0) is 17.2. The minimum Gasteiger partial charge on any atom is -0.302 e. The highest BCUT2D eigenvalue weighted by Gasteiger charge is 2.05. The van der Waals surface area contributed by atoms with E-state index in [4.69, 9.17) is 0 Å². The van der Waals surface area contributed by atoms with E-state index in [0.29, 0.717) is 6.17 Å². The summed E-state index contributed by atoms with van der Waals surface area (Å²) in [5.74, 6) is 0. The molecule has 2 nitrogen and oxygen atoms in total. The largest absolute Gasteiger partial charge is 0.302 e. The van der Waals surface area contributed by atoms with Crippen LogP contribution in [0.3, 0.4) is 0 Å². The van der Waals surface area contributed by atoms with Gasteiger partial charge in [-0.05, 0) is 33.5 Å². The summed E-state index contributed by atoms with van der Waals surface area (Å²) in [6, 6.07) is 0. The van der Waals surface area contributed by atoms with E-state index in [1.165, 1.54) is 103 Å². The molecule has 0 aromatic heterocycles. The van der Waals surface area contributed by atoms with Crippen LogP contribution in [0.1, 0.15) is 110 Å². The molecule has 1 N–H and O–H groups in total. The second-order valence-corrected chi connectivity index (χ2v) is 7.44. The fourth-order valence-electron chi connectivity index (χ4n) is 3.28. The molecule has 148 valence electrons. The molecule has 0 rings (SSSR count). The average molecular weight is 363 g/mol. The second kappa shape index (κ2) is 21.3. The van der Waals surface area contributed by atoms with Crippen LogP contribution in [0.4, 0.5) is 0 Å². The molecule has 0 aromatic carbocycles. The molecule has 3 heteroatoms. The highest BCUT2D eigenvalue weighted by Crippen LogP contribution is 2.12. The Labute approximate surface area is 160 Å². The lowest BCUT2D eigenvalue weighted by Crippen LogP contribution is -2.41. The van der Waals surface area contributed by atoms with Crippen molar-refractivity contribution >= 4 is 12.4 Å². The van der Waals surface area contributed by atoms with Crippen molar-refractivity contribution in [3.05, 3.63) is 0 Å². The molecular weight excluding hydrogens is 316 g/mol. The Morgan fingerprint density at radius 2 is 1.00 bits per heavy atom. The number of rotatable bonds is 18. The molecule has 1 unspecified atom stereocenters. The molecule has 0 saturated carbocycles. The highest BCUT2D eigenvalue weighted by atomic mass is 35.5. The molecule has 0 saturated heterocycles. The van der Waals surface area contributed by atoms with Crippen molar-refractivity contribution in [1.29, 1.82) is 0 Å². The van der Waals surface area contributed by atoms with Crippen molar-refractivity contribution < 1.29 is 0 Å². The smallest absolute Gasteiger partial charge is 0.0589 e. The Morgan fingerprint density at radius 1 is 0.625 bits per heavy atom. The molecule has 0 heterocycles. The van der Waals surface area contributed by atoms with Crippen LogP contribution in [-0.4, -0.2) is 31.7 Å². The molecule has 0 radical (unpaired) electrons. The Morgan fingerprint density at radius 3 is 1.33 bits per heavy atom. The third-order valence-electron chi connectivity index (χ3n) is 4.92. The first-order chi connectivity index (χ1) is 11.2. The first-order valence-electron chi connectivity index (χ1n) is 10.6. The van der Waals surface area contributed by atoms with E-state index in [0.717, 1.165) is 0 Å². The van der Waals surface area contributed by atoms with Crippen molar-refractivity contribution in [2.75, 3.05) is 20.6 Å². The van der Waals surface area contributed by atoms with Crippen molar-refractivity contribution in [3.8, 4) is 0 Å². The number of halogens is 1. The maximum absolute atomic E-state index is 3.64. The van der Waals surface area contributed by atoms with E-state index >= 15 is 0 Å². The van der Waals surface area contributed by atoms with Crippen molar-refractivity contribution in [3.63, 3.8) is 0 Å². The first-order valence-corrected chi connectivity index (χ1v) is 10.6. The highest BCUT2D eigenvalue weighted by molar-refractivity contribution is 5.85. The summed E-state index contributed by atoms with van der Waals surface area (Å²) in [5, 5.41) is 3.64. The lowest BCUT2D eigenvalue weighted by atomic mass is 10.0. The summed E-state index contributed by atoms with van der Waals surface area (Å²) < 4.78 is 0. The summed E-state index contributed by atoms with van der Waals surface area (Å²) in [6.07, 6.45) is 21.9. The molecule has 0 aliphatic carbocycles. The molecule has 0 aliphatic rings. The lowest BCUT2D eigenvalue weighted by Gasteiger charge is -2.24. The van der Waals surface area contributed by atoms with Gasteiger partial charge in [-0.2, -0.15) is 0 Å². The Hall–Kier alpha value is 0.210. The van der Waals surface area contributed by atoms with Gasteiger partial charge in [-0.15, -0.1) is 12.4 Å². The van der Waals surface area contributed by atoms with Gasteiger partial charge in [-0.3, -0.25) is 4.90 Å². The van der Waals surface area contributed by atoms with E-state index in [2.05, 4.69) is 38.2 Å². The maximum atomic E-state index is 3.64. The molecule has 0 bridgehead atoms. The molecule has 0 amide bonds. The number of nitrogens with zero attached hydrogens (tertiary/aromatic N) is 1. The normalized spacial score (nSPS) is 12.4. The molecular formula is C21H47ClN2. The van der Waals surface area contributed by atoms with Gasteiger partial charge in [-0.25, -0.2) is 0 Å². The van der Waals surface area contributed by atoms with Gasteiger partial charge in [0.1, 0.15) is 0 Å². The minimum atomic E-state index is 0. The van der Waals surface area contributed by atoms with Crippen molar-refractivity contribution in [2.24, 2.45) is 0 Å². The summed E-state index contributed by atoms with van der Waals surface area (Å²) in [6.45, 7) is 5.72. The SMILES string of the molecule is CCCCCCCCCCCCCCCCNC(CC)N(C)C.Cl. The Bertz CT molecular complexity index is 222. The van der Waals surface area contributed by atoms with Gasteiger partial charge in [-0.1, -0.05) is 97.3 Å². The number of nitrogens with one attached hydrogen (secondary N) is 1. The van der Waals surface area contributed by atoms with Gasteiger partial charge in [0.2, 0.25) is 0 Å². The molecule has 24 heavy (non-hydrogen) atoms. The third-order valence-corrected chi connectivity index (χ3v) is 4.92. The van der Waals surface area contributed by atoms with E-state index in [-0.39, 0.29) is 12.4 Å². The fourth-order valence-corrected chi connectivity index (χ4v) is 3.28. The van der Waals surface area contributed by atoms with Crippen molar-refractivity contribution in [1.82, 2.24) is 10.2 Å². The van der Waals surface area contributed by atoms with E-state index in [1.807, 2.05) is 0 Å². The minimum absolute atomic E-state index is 0. The Balaban J connectivity index is 0. The zero-order valence-corrected chi connectivity index (χ0v) is 18.1. The van der Waals surface area contributed by atoms with Crippen LogP contribution in [0.2, 0.25) is 0 Å². The van der Waals surface area contributed by atoms with Crippen LogP contribution in [-0.2, 0) is 0 Å². The number of unbranched alkanes of at least 4 members (excludes halogenated alkanes) is 13. The molecule has 1 atom stereocenters. The maximum Gasteiger partial charge on any atom is 0.0589 e. The van der Waals surface area contributed by atoms with E-state index < -0.39 is 0 Å². The lowest BCUT2D eigenvalue weighted by molar-refractivity contribution is 0.238. The molecule has 0 spiro atoms. The monoisotopic (exact) mass is 362 g/mol.